The number of nitrogens with zero attached hydrogens (tertiary/aromatic N) is 1. The van der Waals surface area contributed by atoms with E-state index in [0.717, 1.165) is 6.42 Å². The summed E-state index contributed by atoms with van der Waals surface area (Å²) in [6.07, 6.45) is 1.35. The van der Waals surface area contributed by atoms with E-state index < -0.39 is 0 Å². The molecular weight excluding hydrogens is 208 g/mol. The highest BCUT2D eigenvalue weighted by Crippen LogP contribution is 2.18. The number of nitrogens with one attached hydrogen (secondary N) is 1. The van der Waals surface area contributed by atoms with Crippen molar-refractivity contribution in [2.45, 2.75) is 33.1 Å². The third kappa shape index (κ3) is 3.05. The summed E-state index contributed by atoms with van der Waals surface area (Å²) in [5, 5.41) is 2.71. The molecule has 1 rings (SSSR count). The zero-order chi connectivity index (χ0) is 12.1. The topological polar surface area (TPSA) is 66.5 Å². The van der Waals surface area contributed by atoms with Crippen molar-refractivity contribution in [2.24, 2.45) is 5.92 Å². The van der Waals surface area contributed by atoms with Gasteiger partial charge in [-0.25, -0.2) is 0 Å². The first kappa shape index (κ1) is 12.7. The molecule has 1 aliphatic rings. The lowest BCUT2D eigenvalue weighted by Gasteiger charge is -2.13. The highest BCUT2D eigenvalue weighted by atomic mass is 16.2. The smallest absolute Gasteiger partial charge is 0.232 e. The largest absolute Gasteiger partial charge is 0.356 e. The molecule has 0 saturated carbocycles. The SMILES string of the molecule is CCCNC(=O)CCN1C(=O)C[C@@H](C)C1=O. The van der Waals surface area contributed by atoms with Gasteiger partial charge in [0.05, 0.1) is 0 Å². The second kappa shape index (κ2) is 5.63. The predicted molar refractivity (Wildman–Crippen MR) is 58.4 cm³/mol. The van der Waals surface area contributed by atoms with Gasteiger partial charge in [0.2, 0.25) is 17.7 Å². The van der Waals surface area contributed by atoms with Crippen LogP contribution in [0.2, 0.25) is 0 Å². The molecule has 0 spiro atoms. The molecule has 1 aliphatic heterocycles. The molecule has 0 aromatic rings. The van der Waals surface area contributed by atoms with Gasteiger partial charge >= 0.3 is 0 Å². The van der Waals surface area contributed by atoms with Gasteiger partial charge in [-0.2, -0.15) is 0 Å². The Balaban J connectivity index is 2.35. The third-order valence-corrected chi connectivity index (χ3v) is 2.60. The van der Waals surface area contributed by atoms with Crippen molar-refractivity contribution in [3.63, 3.8) is 0 Å². The van der Waals surface area contributed by atoms with E-state index in [1.807, 2.05) is 6.92 Å². The van der Waals surface area contributed by atoms with Gasteiger partial charge in [0.25, 0.3) is 0 Å². The van der Waals surface area contributed by atoms with Crippen LogP contribution in [-0.4, -0.2) is 35.7 Å². The summed E-state index contributed by atoms with van der Waals surface area (Å²) in [5.74, 6) is -0.665. The normalized spacial score (nSPS) is 20.4. The monoisotopic (exact) mass is 226 g/mol. The quantitative estimate of drug-likeness (QED) is 0.685. The Morgan fingerprint density at radius 2 is 2.19 bits per heavy atom. The number of hydrogen-bond acceptors (Lipinski definition) is 3. The van der Waals surface area contributed by atoms with E-state index in [1.54, 1.807) is 6.92 Å². The van der Waals surface area contributed by atoms with Crippen LogP contribution < -0.4 is 5.32 Å². The lowest BCUT2D eigenvalue weighted by molar-refractivity contribution is -0.139. The molecular formula is C11H18N2O3. The van der Waals surface area contributed by atoms with Crippen molar-refractivity contribution < 1.29 is 14.4 Å². The second-order valence-electron chi connectivity index (χ2n) is 4.09. The Morgan fingerprint density at radius 3 is 2.69 bits per heavy atom. The van der Waals surface area contributed by atoms with E-state index in [1.165, 1.54) is 4.90 Å². The zero-order valence-electron chi connectivity index (χ0n) is 9.78. The van der Waals surface area contributed by atoms with E-state index in [9.17, 15) is 14.4 Å². The summed E-state index contributed by atoms with van der Waals surface area (Å²) < 4.78 is 0. The summed E-state index contributed by atoms with van der Waals surface area (Å²) in [6, 6.07) is 0. The third-order valence-electron chi connectivity index (χ3n) is 2.60. The van der Waals surface area contributed by atoms with Gasteiger partial charge in [0.15, 0.2) is 0 Å². The molecule has 0 unspecified atom stereocenters. The van der Waals surface area contributed by atoms with Gasteiger partial charge in [-0.3, -0.25) is 19.3 Å². The van der Waals surface area contributed by atoms with E-state index >= 15 is 0 Å². The second-order valence-corrected chi connectivity index (χ2v) is 4.09. The Morgan fingerprint density at radius 1 is 1.50 bits per heavy atom. The summed E-state index contributed by atoms with van der Waals surface area (Å²) in [6.45, 7) is 4.54. The highest BCUT2D eigenvalue weighted by molar-refractivity contribution is 6.03. The van der Waals surface area contributed by atoms with Crippen molar-refractivity contribution in [3.05, 3.63) is 0 Å². The summed E-state index contributed by atoms with van der Waals surface area (Å²) >= 11 is 0. The van der Waals surface area contributed by atoms with Crippen LogP contribution in [0.3, 0.4) is 0 Å². The van der Waals surface area contributed by atoms with Crippen LogP contribution in [-0.2, 0) is 14.4 Å². The van der Waals surface area contributed by atoms with Gasteiger partial charge in [-0.05, 0) is 6.42 Å². The predicted octanol–water partition coefficient (Wildman–Crippen LogP) is 0.298. The molecule has 1 atom stereocenters. The van der Waals surface area contributed by atoms with Crippen LogP contribution in [0.5, 0.6) is 0 Å². The van der Waals surface area contributed by atoms with Crippen molar-refractivity contribution in [1.82, 2.24) is 10.2 Å². The molecule has 0 aromatic heterocycles. The molecule has 1 fully saturated rings. The van der Waals surface area contributed by atoms with Crippen LogP contribution >= 0.6 is 0 Å². The highest BCUT2D eigenvalue weighted by Gasteiger charge is 2.35. The van der Waals surface area contributed by atoms with Gasteiger partial charge < -0.3 is 5.32 Å². The van der Waals surface area contributed by atoms with Crippen molar-refractivity contribution in [2.75, 3.05) is 13.1 Å². The molecule has 90 valence electrons. The van der Waals surface area contributed by atoms with Crippen LogP contribution in [0.15, 0.2) is 0 Å². The number of carbonyl (C=O) groups excluding carboxylic acids is 3. The van der Waals surface area contributed by atoms with Gasteiger partial charge in [-0.15, -0.1) is 0 Å². The molecule has 0 bridgehead atoms. The molecule has 0 aromatic carbocycles. The van der Waals surface area contributed by atoms with E-state index in [-0.39, 0.29) is 43.0 Å². The maximum absolute atomic E-state index is 11.5. The molecule has 0 radical (unpaired) electrons. The molecule has 5 nitrogen and oxygen atoms in total. The fourth-order valence-electron chi connectivity index (χ4n) is 1.65. The summed E-state index contributed by atoms with van der Waals surface area (Å²) in [5.41, 5.74) is 0. The molecule has 3 amide bonds. The van der Waals surface area contributed by atoms with Gasteiger partial charge in [0, 0.05) is 31.8 Å². The first-order chi connectivity index (χ1) is 7.56. The molecule has 0 aliphatic carbocycles. The maximum atomic E-state index is 11.5. The number of likely N-dealkylation sites (tertiary alicyclic amines) is 1. The number of carbonyl (C=O) groups is 3. The first-order valence-corrected chi connectivity index (χ1v) is 5.67. The molecule has 16 heavy (non-hydrogen) atoms. The minimum Gasteiger partial charge on any atom is -0.356 e. The van der Waals surface area contributed by atoms with Crippen LogP contribution in [0.1, 0.15) is 33.1 Å². The van der Waals surface area contributed by atoms with Gasteiger partial charge in [-0.1, -0.05) is 13.8 Å². The standard InChI is InChI=1S/C11H18N2O3/c1-3-5-12-9(14)4-6-13-10(15)7-8(2)11(13)16/h8H,3-7H2,1-2H3,(H,12,14)/t8-/m1/s1. The van der Waals surface area contributed by atoms with E-state index in [2.05, 4.69) is 5.32 Å². The minimum atomic E-state index is -0.230. The fourth-order valence-corrected chi connectivity index (χ4v) is 1.65. The Kier molecular flexibility index (Phi) is 4.46. The number of rotatable bonds is 5. The minimum absolute atomic E-state index is 0.109. The lowest BCUT2D eigenvalue weighted by atomic mass is 10.1. The molecule has 5 heteroatoms. The van der Waals surface area contributed by atoms with E-state index in [4.69, 9.17) is 0 Å². The first-order valence-electron chi connectivity index (χ1n) is 5.67. The van der Waals surface area contributed by atoms with Crippen LogP contribution in [0.25, 0.3) is 0 Å². The zero-order valence-corrected chi connectivity index (χ0v) is 9.78. The number of hydrogen-bond donors (Lipinski definition) is 1. The Bertz CT molecular complexity index is 302. The summed E-state index contributed by atoms with van der Waals surface area (Å²) in [7, 11) is 0. The maximum Gasteiger partial charge on any atom is 0.232 e. The van der Waals surface area contributed by atoms with Gasteiger partial charge in [0.1, 0.15) is 0 Å². The van der Waals surface area contributed by atoms with Crippen LogP contribution in [0, 0.1) is 5.92 Å². The van der Waals surface area contributed by atoms with Crippen molar-refractivity contribution in [3.8, 4) is 0 Å². The molecule has 1 heterocycles. The molecule has 1 N–H and O–H groups in total. The number of imide groups is 1. The van der Waals surface area contributed by atoms with Crippen molar-refractivity contribution >= 4 is 17.7 Å². The van der Waals surface area contributed by atoms with E-state index in [0.29, 0.717) is 6.54 Å². The summed E-state index contributed by atoms with van der Waals surface area (Å²) in [4.78, 5) is 35.4. The lowest BCUT2D eigenvalue weighted by Crippen LogP contribution is -2.35. The molecule has 1 saturated heterocycles. The average molecular weight is 226 g/mol. The average Bonchev–Trinajstić information content (AvgIpc) is 2.48. The van der Waals surface area contributed by atoms with Crippen molar-refractivity contribution in [1.29, 1.82) is 0 Å². The van der Waals surface area contributed by atoms with Crippen LogP contribution in [0.4, 0.5) is 0 Å². The fraction of sp³-hybridized carbons (Fsp3) is 0.727. The Hall–Kier alpha value is -1.39. The number of amides is 3. The Labute approximate surface area is 95.2 Å².